The second-order valence-electron chi connectivity index (χ2n) is 8.78. The maximum Gasteiger partial charge on any atom is 0.494 e. The van der Waals surface area contributed by atoms with Crippen molar-refractivity contribution in [3.05, 3.63) is 29.8 Å². The Morgan fingerprint density at radius 1 is 1.18 bits per heavy atom. The first-order chi connectivity index (χ1) is 13.1. The fourth-order valence-electron chi connectivity index (χ4n) is 3.61. The molecule has 2 aliphatic heterocycles. The molecule has 2 heterocycles. The monoisotopic (exact) mass is 389 g/mol. The molecule has 1 N–H and O–H groups in total. The van der Waals surface area contributed by atoms with E-state index in [0.29, 0.717) is 19.4 Å². The van der Waals surface area contributed by atoms with Crippen LogP contribution in [0.4, 0.5) is 4.79 Å². The Hall–Kier alpha value is -1.57. The summed E-state index contributed by atoms with van der Waals surface area (Å²) in [5.41, 5.74) is 1.28. The number of hydrogen-bond acceptors (Lipinski definition) is 5. The van der Waals surface area contributed by atoms with Crippen molar-refractivity contribution < 1.29 is 23.9 Å². The average Bonchev–Trinajstić information content (AvgIpc) is 2.87. The minimum atomic E-state index is -0.387. The third-order valence-corrected chi connectivity index (χ3v) is 6.29. The SMILES string of the molecule is CC(c1ccc(B2OC(C)(C)C(C)(C)O2)cc1)N1CC[C@@H](CCCO)OC1=O. The molecule has 0 spiro atoms. The molecule has 2 atom stereocenters. The van der Waals surface area contributed by atoms with Gasteiger partial charge in [-0.1, -0.05) is 24.3 Å². The number of cyclic esters (lactones) is 1. The summed E-state index contributed by atoms with van der Waals surface area (Å²) in [7, 11) is -0.387. The van der Waals surface area contributed by atoms with Gasteiger partial charge in [0.1, 0.15) is 6.10 Å². The summed E-state index contributed by atoms with van der Waals surface area (Å²) in [4.78, 5) is 14.2. The van der Waals surface area contributed by atoms with Gasteiger partial charge in [-0.2, -0.15) is 0 Å². The molecule has 154 valence electrons. The zero-order valence-electron chi connectivity index (χ0n) is 17.6. The molecular formula is C21H32BNO5. The van der Waals surface area contributed by atoms with Gasteiger partial charge in [0, 0.05) is 19.6 Å². The highest BCUT2D eigenvalue weighted by molar-refractivity contribution is 6.62. The van der Waals surface area contributed by atoms with Crippen molar-refractivity contribution in [1.82, 2.24) is 4.90 Å². The molecule has 1 aromatic carbocycles. The molecule has 0 radical (unpaired) electrons. The van der Waals surface area contributed by atoms with Crippen LogP contribution < -0.4 is 5.46 Å². The lowest BCUT2D eigenvalue weighted by molar-refractivity contribution is 0.00578. The summed E-state index contributed by atoms with van der Waals surface area (Å²) in [5.74, 6) is 0. The van der Waals surface area contributed by atoms with Gasteiger partial charge in [-0.3, -0.25) is 0 Å². The Morgan fingerprint density at radius 2 is 1.79 bits per heavy atom. The molecular weight excluding hydrogens is 357 g/mol. The molecule has 1 aromatic rings. The number of amides is 1. The highest BCUT2D eigenvalue weighted by Gasteiger charge is 2.51. The van der Waals surface area contributed by atoms with Crippen molar-refractivity contribution in [3.8, 4) is 0 Å². The van der Waals surface area contributed by atoms with E-state index in [4.69, 9.17) is 19.2 Å². The normalized spacial score (nSPS) is 24.9. The first-order valence-electron chi connectivity index (χ1n) is 10.2. The van der Waals surface area contributed by atoms with E-state index >= 15 is 0 Å². The molecule has 6 nitrogen and oxygen atoms in total. The highest BCUT2D eigenvalue weighted by atomic mass is 16.7. The first-order valence-corrected chi connectivity index (χ1v) is 10.2. The standard InChI is InChI=1S/C21H32BNO5/c1-15(23-13-12-18(7-6-14-24)26-19(23)25)16-8-10-17(11-9-16)22-27-20(2,3)21(4,5)28-22/h8-11,15,18,24H,6-7,12-14H2,1-5H3/t15?,18-/m1/s1. The predicted molar refractivity (Wildman–Crippen MR) is 108 cm³/mol. The Balaban J connectivity index is 1.63. The number of rotatable bonds is 6. The van der Waals surface area contributed by atoms with Gasteiger partial charge in [-0.25, -0.2) is 4.79 Å². The van der Waals surface area contributed by atoms with Crippen molar-refractivity contribution in [2.24, 2.45) is 0 Å². The molecule has 0 aliphatic carbocycles. The average molecular weight is 389 g/mol. The highest BCUT2D eigenvalue weighted by Crippen LogP contribution is 2.36. The van der Waals surface area contributed by atoms with Crippen LogP contribution in [0.1, 0.15) is 65.5 Å². The van der Waals surface area contributed by atoms with Crippen LogP contribution in [0.15, 0.2) is 24.3 Å². The van der Waals surface area contributed by atoms with Gasteiger partial charge in [0.05, 0.1) is 17.2 Å². The van der Waals surface area contributed by atoms with Gasteiger partial charge in [0.15, 0.2) is 0 Å². The topological polar surface area (TPSA) is 68.2 Å². The van der Waals surface area contributed by atoms with Crippen molar-refractivity contribution in [2.45, 2.75) is 77.2 Å². The Morgan fingerprint density at radius 3 is 2.32 bits per heavy atom. The van der Waals surface area contributed by atoms with E-state index < -0.39 is 0 Å². The number of aliphatic hydroxyl groups excluding tert-OH is 1. The molecule has 7 heteroatoms. The predicted octanol–water partition coefficient (Wildman–Crippen LogP) is 3.03. The lowest BCUT2D eigenvalue weighted by Gasteiger charge is -2.35. The zero-order chi connectivity index (χ0) is 20.5. The third kappa shape index (κ3) is 4.21. The van der Waals surface area contributed by atoms with E-state index in [2.05, 4.69) is 0 Å². The second-order valence-corrected chi connectivity index (χ2v) is 8.78. The maximum atomic E-state index is 12.4. The van der Waals surface area contributed by atoms with Crippen molar-refractivity contribution in [2.75, 3.05) is 13.2 Å². The number of benzene rings is 1. The number of aliphatic hydroxyl groups is 1. The summed E-state index contributed by atoms with van der Waals surface area (Å²) in [5, 5.41) is 8.94. The van der Waals surface area contributed by atoms with Gasteiger partial charge < -0.3 is 24.1 Å². The van der Waals surface area contributed by atoms with Gasteiger partial charge in [0.25, 0.3) is 0 Å². The van der Waals surface area contributed by atoms with Crippen molar-refractivity contribution >= 4 is 18.7 Å². The second kappa shape index (κ2) is 8.05. The molecule has 0 aromatic heterocycles. The summed E-state index contributed by atoms with van der Waals surface area (Å²) < 4.78 is 17.7. The van der Waals surface area contributed by atoms with Crippen LogP contribution in [0, 0.1) is 0 Å². The Labute approximate surface area is 168 Å². The fraction of sp³-hybridized carbons (Fsp3) is 0.667. The molecule has 2 fully saturated rings. The fourth-order valence-corrected chi connectivity index (χ4v) is 3.61. The van der Waals surface area contributed by atoms with Crippen LogP contribution >= 0.6 is 0 Å². The summed E-state index contributed by atoms with van der Waals surface area (Å²) >= 11 is 0. The number of carbonyl (C=O) groups excluding carboxylic acids is 1. The summed E-state index contributed by atoms with van der Waals surface area (Å²) in [6.45, 7) is 11.0. The molecule has 0 saturated carbocycles. The maximum absolute atomic E-state index is 12.4. The van der Waals surface area contributed by atoms with E-state index in [1.165, 1.54) is 0 Å². The van der Waals surface area contributed by atoms with Crippen LogP contribution in [-0.2, 0) is 14.0 Å². The minimum absolute atomic E-state index is 0.0707. The lowest BCUT2D eigenvalue weighted by Crippen LogP contribution is -2.43. The molecule has 3 rings (SSSR count). The van der Waals surface area contributed by atoms with Crippen LogP contribution in [0.3, 0.4) is 0 Å². The smallest absolute Gasteiger partial charge is 0.446 e. The Kier molecular flexibility index (Phi) is 6.08. The molecule has 1 amide bonds. The number of carbonyl (C=O) groups is 1. The van der Waals surface area contributed by atoms with Gasteiger partial charge >= 0.3 is 13.2 Å². The van der Waals surface area contributed by atoms with Gasteiger partial charge in [-0.15, -0.1) is 0 Å². The minimum Gasteiger partial charge on any atom is -0.446 e. The van der Waals surface area contributed by atoms with E-state index in [1.54, 1.807) is 4.90 Å². The number of nitrogens with zero attached hydrogens (tertiary/aromatic N) is 1. The van der Waals surface area contributed by atoms with Crippen LogP contribution in [0.2, 0.25) is 0 Å². The summed E-state index contributed by atoms with van der Waals surface area (Å²) in [6.07, 6.45) is 1.80. The van der Waals surface area contributed by atoms with E-state index in [-0.39, 0.29) is 43.2 Å². The quantitative estimate of drug-likeness (QED) is 0.758. The van der Waals surface area contributed by atoms with Gasteiger partial charge in [-0.05, 0) is 58.5 Å². The van der Waals surface area contributed by atoms with E-state index in [0.717, 1.165) is 17.4 Å². The van der Waals surface area contributed by atoms with E-state index in [9.17, 15) is 4.79 Å². The number of hydrogen-bond donors (Lipinski definition) is 1. The van der Waals surface area contributed by atoms with Crippen molar-refractivity contribution in [3.63, 3.8) is 0 Å². The lowest BCUT2D eigenvalue weighted by atomic mass is 9.78. The van der Waals surface area contributed by atoms with Gasteiger partial charge in [0.2, 0.25) is 0 Å². The van der Waals surface area contributed by atoms with Crippen LogP contribution in [0.25, 0.3) is 0 Å². The first kappa shape index (κ1) is 21.2. The zero-order valence-corrected chi connectivity index (χ0v) is 17.6. The molecule has 1 unspecified atom stereocenters. The number of ether oxygens (including phenoxy) is 1. The molecule has 2 aliphatic rings. The van der Waals surface area contributed by atoms with Crippen molar-refractivity contribution in [1.29, 1.82) is 0 Å². The Bertz CT molecular complexity index is 675. The van der Waals surface area contributed by atoms with Crippen LogP contribution in [-0.4, -0.2) is 53.7 Å². The molecule has 2 saturated heterocycles. The van der Waals surface area contributed by atoms with E-state index in [1.807, 2.05) is 58.9 Å². The summed E-state index contributed by atoms with van der Waals surface area (Å²) in [6, 6.07) is 7.99. The van der Waals surface area contributed by atoms with Crippen LogP contribution in [0.5, 0.6) is 0 Å². The molecule has 28 heavy (non-hydrogen) atoms. The largest absolute Gasteiger partial charge is 0.494 e. The third-order valence-electron chi connectivity index (χ3n) is 6.29. The molecule has 0 bridgehead atoms.